The number of esters is 2. The zero-order valence-electron chi connectivity index (χ0n) is 12.9. The lowest BCUT2D eigenvalue weighted by molar-refractivity contribution is -0.132. The van der Waals surface area contributed by atoms with Crippen LogP contribution in [0.5, 0.6) is 23.0 Å². The van der Waals surface area contributed by atoms with Crippen molar-refractivity contribution in [1.29, 1.82) is 0 Å². The number of hydrogen-bond donors (Lipinski definition) is 2. The van der Waals surface area contributed by atoms with Crippen LogP contribution in [0.15, 0.2) is 36.4 Å². The molecule has 2 aromatic carbocycles. The second-order valence-electron chi connectivity index (χ2n) is 4.87. The van der Waals surface area contributed by atoms with Crippen molar-refractivity contribution in [2.45, 2.75) is 13.8 Å². The molecule has 0 amide bonds. The van der Waals surface area contributed by atoms with Gasteiger partial charge in [-0.15, -0.1) is 0 Å². The number of aromatic hydroxyl groups is 2. The van der Waals surface area contributed by atoms with Gasteiger partial charge in [-0.05, 0) is 24.3 Å². The van der Waals surface area contributed by atoms with Crippen molar-refractivity contribution in [1.82, 2.24) is 0 Å². The van der Waals surface area contributed by atoms with Crippen LogP contribution in [-0.2, 0) is 9.59 Å². The summed E-state index contributed by atoms with van der Waals surface area (Å²) < 4.78 is 9.61. The van der Waals surface area contributed by atoms with E-state index in [0.717, 1.165) is 12.1 Å². The third-order valence-electron chi connectivity index (χ3n) is 2.95. The SMILES string of the molecule is CC(=O)Oc1ccc(C(=O)c2ccc(OC(C)=O)cc2O)c(O)c1. The maximum atomic E-state index is 12.4. The Morgan fingerprint density at radius 1 is 0.750 bits per heavy atom. The van der Waals surface area contributed by atoms with E-state index in [4.69, 9.17) is 9.47 Å². The van der Waals surface area contributed by atoms with Gasteiger partial charge < -0.3 is 19.7 Å². The summed E-state index contributed by atoms with van der Waals surface area (Å²) in [6.45, 7) is 2.41. The molecule has 7 nitrogen and oxygen atoms in total. The number of ether oxygens (including phenoxy) is 2. The summed E-state index contributed by atoms with van der Waals surface area (Å²) in [4.78, 5) is 34.2. The Bertz CT molecular complexity index is 756. The fraction of sp³-hybridized carbons (Fsp3) is 0.118. The number of hydrogen-bond acceptors (Lipinski definition) is 7. The van der Waals surface area contributed by atoms with Crippen LogP contribution in [0.3, 0.4) is 0 Å². The van der Waals surface area contributed by atoms with Crippen LogP contribution >= 0.6 is 0 Å². The summed E-state index contributed by atoms with van der Waals surface area (Å²) in [5, 5.41) is 19.9. The molecule has 0 saturated heterocycles. The average molecular weight is 330 g/mol. The lowest BCUT2D eigenvalue weighted by atomic mass is 10.0. The normalized spacial score (nSPS) is 10.1. The predicted molar refractivity (Wildman–Crippen MR) is 82.3 cm³/mol. The number of ketones is 1. The van der Waals surface area contributed by atoms with Crippen LogP contribution < -0.4 is 9.47 Å². The smallest absolute Gasteiger partial charge is 0.308 e. The first kappa shape index (κ1) is 17.0. The van der Waals surface area contributed by atoms with E-state index in [-0.39, 0.29) is 22.6 Å². The van der Waals surface area contributed by atoms with E-state index in [1.807, 2.05) is 0 Å². The lowest BCUT2D eigenvalue weighted by Gasteiger charge is -2.09. The molecule has 0 aliphatic carbocycles. The zero-order valence-corrected chi connectivity index (χ0v) is 12.9. The molecule has 0 aliphatic heterocycles. The number of phenols is 2. The van der Waals surface area contributed by atoms with Gasteiger partial charge in [-0.3, -0.25) is 14.4 Å². The summed E-state index contributed by atoms with van der Waals surface area (Å²) in [7, 11) is 0. The predicted octanol–water partition coefficient (Wildman–Crippen LogP) is 2.18. The van der Waals surface area contributed by atoms with Gasteiger partial charge in [0.1, 0.15) is 23.0 Å². The zero-order chi connectivity index (χ0) is 17.9. The van der Waals surface area contributed by atoms with Crippen molar-refractivity contribution < 1.29 is 34.1 Å². The molecule has 124 valence electrons. The highest BCUT2D eigenvalue weighted by Gasteiger charge is 2.18. The third kappa shape index (κ3) is 3.89. The van der Waals surface area contributed by atoms with E-state index in [1.165, 1.54) is 38.1 Å². The number of carbonyl (C=O) groups is 3. The first-order valence-electron chi connectivity index (χ1n) is 6.85. The van der Waals surface area contributed by atoms with Gasteiger partial charge in [-0.2, -0.15) is 0 Å². The molecule has 7 heteroatoms. The lowest BCUT2D eigenvalue weighted by Crippen LogP contribution is -2.05. The Labute approximate surface area is 137 Å². The first-order valence-corrected chi connectivity index (χ1v) is 6.85. The number of phenolic OH excluding ortho intramolecular Hbond substituents is 2. The Morgan fingerprint density at radius 3 is 1.42 bits per heavy atom. The fourth-order valence-electron chi connectivity index (χ4n) is 2.01. The summed E-state index contributed by atoms with van der Waals surface area (Å²) in [5.74, 6) is -2.39. The Morgan fingerprint density at radius 2 is 1.12 bits per heavy atom. The second kappa shape index (κ2) is 6.82. The van der Waals surface area contributed by atoms with Gasteiger partial charge >= 0.3 is 11.9 Å². The average Bonchev–Trinajstić information content (AvgIpc) is 2.45. The Kier molecular flexibility index (Phi) is 4.84. The molecule has 0 aliphatic rings. The maximum absolute atomic E-state index is 12.4. The van der Waals surface area contributed by atoms with Crippen molar-refractivity contribution in [3.8, 4) is 23.0 Å². The number of carbonyl (C=O) groups excluding carboxylic acids is 3. The van der Waals surface area contributed by atoms with E-state index >= 15 is 0 Å². The Hall–Kier alpha value is -3.35. The molecule has 0 fully saturated rings. The number of rotatable bonds is 4. The van der Waals surface area contributed by atoms with Crippen LogP contribution in [0.2, 0.25) is 0 Å². The minimum Gasteiger partial charge on any atom is -0.507 e. The summed E-state index contributed by atoms with van der Waals surface area (Å²) in [5.41, 5.74) is -0.164. The molecule has 0 heterocycles. The van der Waals surface area contributed by atoms with Crippen molar-refractivity contribution in [3.63, 3.8) is 0 Å². The van der Waals surface area contributed by atoms with Gasteiger partial charge in [0, 0.05) is 26.0 Å². The topological polar surface area (TPSA) is 110 Å². The standard InChI is InChI=1S/C17H14O7/c1-9(18)23-11-3-5-13(15(20)7-11)17(22)14-6-4-12(8-16(14)21)24-10(2)19/h3-8,20-21H,1-2H3. The third-order valence-corrected chi connectivity index (χ3v) is 2.95. The van der Waals surface area contributed by atoms with E-state index in [9.17, 15) is 24.6 Å². The second-order valence-corrected chi connectivity index (χ2v) is 4.87. The molecular formula is C17H14O7. The Balaban J connectivity index is 2.31. The molecule has 0 atom stereocenters. The van der Waals surface area contributed by atoms with E-state index in [1.54, 1.807) is 0 Å². The summed E-state index contributed by atoms with van der Waals surface area (Å²) in [6.07, 6.45) is 0. The molecule has 24 heavy (non-hydrogen) atoms. The van der Waals surface area contributed by atoms with Gasteiger partial charge in [0.25, 0.3) is 0 Å². The van der Waals surface area contributed by atoms with Crippen molar-refractivity contribution in [3.05, 3.63) is 47.5 Å². The molecule has 0 spiro atoms. The highest BCUT2D eigenvalue weighted by molar-refractivity contribution is 6.12. The first-order chi connectivity index (χ1) is 11.3. The van der Waals surface area contributed by atoms with Crippen molar-refractivity contribution >= 4 is 17.7 Å². The van der Waals surface area contributed by atoms with Crippen LogP contribution in [0, 0.1) is 0 Å². The molecule has 0 aromatic heterocycles. The quantitative estimate of drug-likeness (QED) is 0.502. The van der Waals surface area contributed by atoms with Crippen LogP contribution in [0.25, 0.3) is 0 Å². The van der Waals surface area contributed by atoms with Crippen molar-refractivity contribution in [2.24, 2.45) is 0 Å². The monoisotopic (exact) mass is 330 g/mol. The summed E-state index contributed by atoms with van der Waals surface area (Å²) >= 11 is 0. The molecule has 0 bridgehead atoms. The van der Waals surface area contributed by atoms with Crippen LogP contribution in [0.4, 0.5) is 0 Å². The molecule has 0 radical (unpaired) electrons. The minimum atomic E-state index is -0.645. The number of benzene rings is 2. The maximum Gasteiger partial charge on any atom is 0.308 e. The van der Waals surface area contributed by atoms with E-state index < -0.39 is 29.2 Å². The van der Waals surface area contributed by atoms with Gasteiger partial charge in [-0.1, -0.05) is 0 Å². The van der Waals surface area contributed by atoms with Gasteiger partial charge in [0.05, 0.1) is 11.1 Å². The van der Waals surface area contributed by atoms with Gasteiger partial charge in [0.15, 0.2) is 5.78 Å². The van der Waals surface area contributed by atoms with Crippen LogP contribution in [-0.4, -0.2) is 27.9 Å². The highest BCUT2D eigenvalue weighted by Crippen LogP contribution is 2.30. The fourth-order valence-corrected chi connectivity index (χ4v) is 2.01. The summed E-state index contributed by atoms with van der Waals surface area (Å²) in [6, 6.07) is 7.49. The largest absolute Gasteiger partial charge is 0.507 e. The van der Waals surface area contributed by atoms with Crippen LogP contribution in [0.1, 0.15) is 29.8 Å². The van der Waals surface area contributed by atoms with E-state index in [0.29, 0.717) is 0 Å². The molecule has 2 aromatic rings. The minimum absolute atomic E-state index is 0.0820. The highest BCUT2D eigenvalue weighted by atomic mass is 16.5. The van der Waals surface area contributed by atoms with E-state index in [2.05, 4.69) is 0 Å². The van der Waals surface area contributed by atoms with Gasteiger partial charge in [0.2, 0.25) is 0 Å². The molecular weight excluding hydrogens is 316 g/mol. The molecule has 0 unspecified atom stereocenters. The molecule has 0 saturated carbocycles. The molecule has 2 N–H and O–H groups in total. The molecule has 2 rings (SSSR count). The van der Waals surface area contributed by atoms with Crippen molar-refractivity contribution in [2.75, 3.05) is 0 Å². The van der Waals surface area contributed by atoms with Gasteiger partial charge in [-0.25, -0.2) is 0 Å².